The summed E-state index contributed by atoms with van der Waals surface area (Å²) in [6.07, 6.45) is 0. The van der Waals surface area contributed by atoms with Crippen LogP contribution in [0.5, 0.6) is 0 Å². The maximum atomic E-state index is 11.8. The van der Waals surface area contributed by atoms with Crippen LogP contribution >= 0.6 is 11.3 Å². The summed E-state index contributed by atoms with van der Waals surface area (Å²) in [7, 11) is 0. The number of nitrogen functional groups attached to an aromatic ring is 1. The molecule has 108 valence electrons. The third-order valence-corrected chi connectivity index (χ3v) is 4.02. The summed E-state index contributed by atoms with van der Waals surface area (Å²) in [4.78, 5) is 17.3. The van der Waals surface area contributed by atoms with Gasteiger partial charge in [-0.1, -0.05) is 6.07 Å². The lowest BCUT2D eigenvalue weighted by Crippen LogP contribution is -2.05. The van der Waals surface area contributed by atoms with Crippen LogP contribution < -0.4 is 5.73 Å². The maximum absolute atomic E-state index is 11.8. The van der Waals surface area contributed by atoms with Gasteiger partial charge in [0, 0.05) is 0 Å². The quantitative estimate of drug-likeness (QED) is 0.747. The maximum Gasteiger partial charge on any atom is 0.376 e. The highest BCUT2D eigenvalue weighted by molar-refractivity contribution is 7.13. The van der Waals surface area contributed by atoms with Crippen LogP contribution in [0, 0.1) is 6.92 Å². The molecule has 3 rings (SSSR count). The van der Waals surface area contributed by atoms with Gasteiger partial charge in [-0.2, -0.15) is 0 Å². The zero-order valence-corrected chi connectivity index (χ0v) is 12.5. The van der Waals surface area contributed by atoms with E-state index in [1.807, 2.05) is 30.5 Å². The van der Waals surface area contributed by atoms with Crippen LogP contribution in [0.15, 0.2) is 28.0 Å². The first kappa shape index (κ1) is 13.6. The average Bonchev–Trinajstić information content (AvgIpc) is 3.07. The van der Waals surface area contributed by atoms with Crippen molar-refractivity contribution < 1.29 is 13.9 Å². The molecular weight excluding hydrogens is 288 g/mol. The number of hydrogen-bond acceptors (Lipinski definition) is 6. The van der Waals surface area contributed by atoms with Crippen molar-refractivity contribution in [1.82, 2.24) is 4.98 Å². The molecule has 5 nitrogen and oxygen atoms in total. The molecule has 0 saturated carbocycles. The van der Waals surface area contributed by atoms with Crippen LogP contribution in [-0.4, -0.2) is 17.6 Å². The molecule has 0 unspecified atom stereocenters. The van der Waals surface area contributed by atoms with E-state index in [9.17, 15) is 4.79 Å². The number of rotatable bonds is 3. The van der Waals surface area contributed by atoms with Gasteiger partial charge in [0.2, 0.25) is 11.5 Å². The standard InChI is InChI=1S/C15H14N2O3S/c1-3-19-15(18)13-12(16)11-8(2)7-9(17-14(11)20-13)10-5-4-6-21-10/h4-7H,3,16H2,1-2H3. The molecule has 0 aromatic carbocycles. The number of carbonyl (C=O) groups excluding carboxylic acids is 1. The Hall–Kier alpha value is -2.34. The van der Waals surface area contributed by atoms with Gasteiger partial charge in [0.15, 0.2) is 0 Å². The predicted molar refractivity (Wildman–Crippen MR) is 82.4 cm³/mol. The minimum atomic E-state index is -0.565. The summed E-state index contributed by atoms with van der Waals surface area (Å²) in [6.45, 7) is 3.92. The van der Waals surface area contributed by atoms with E-state index < -0.39 is 5.97 Å². The Morgan fingerprint density at radius 3 is 3.00 bits per heavy atom. The van der Waals surface area contributed by atoms with Gasteiger partial charge < -0.3 is 14.9 Å². The Kier molecular flexibility index (Phi) is 3.39. The Morgan fingerprint density at radius 2 is 2.33 bits per heavy atom. The number of anilines is 1. The number of thiophene rings is 1. The molecule has 0 radical (unpaired) electrons. The first-order chi connectivity index (χ1) is 10.1. The number of fused-ring (bicyclic) bond motifs is 1. The summed E-state index contributed by atoms with van der Waals surface area (Å²) >= 11 is 1.59. The predicted octanol–water partition coefficient (Wildman–Crippen LogP) is 3.62. The summed E-state index contributed by atoms with van der Waals surface area (Å²) in [5.74, 6) is -0.546. The molecule has 2 N–H and O–H groups in total. The van der Waals surface area contributed by atoms with E-state index in [1.54, 1.807) is 18.3 Å². The molecule has 3 aromatic rings. The summed E-state index contributed by atoms with van der Waals surface area (Å²) in [5.41, 5.74) is 8.37. The van der Waals surface area contributed by atoms with Crippen molar-refractivity contribution in [3.05, 3.63) is 34.9 Å². The van der Waals surface area contributed by atoms with Gasteiger partial charge in [0.1, 0.15) is 0 Å². The lowest BCUT2D eigenvalue weighted by molar-refractivity contribution is 0.0494. The Bertz CT molecular complexity index is 806. The van der Waals surface area contributed by atoms with Crippen LogP contribution in [0.3, 0.4) is 0 Å². The molecular formula is C15H14N2O3S. The molecule has 6 heteroatoms. The van der Waals surface area contributed by atoms with Crippen molar-refractivity contribution in [2.75, 3.05) is 12.3 Å². The van der Waals surface area contributed by atoms with Gasteiger partial charge in [-0.05, 0) is 36.9 Å². The second kappa shape index (κ2) is 5.21. The monoisotopic (exact) mass is 302 g/mol. The van der Waals surface area contributed by atoms with Gasteiger partial charge in [0.05, 0.1) is 28.3 Å². The van der Waals surface area contributed by atoms with Gasteiger partial charge in [-0.25, -0.2) is 9.78 Å². The number of nitrogens with two attached hydrogens (primary N) is 1. The molecule has 3 heterocycles. The summed E-state index contributed by atoms with van der Waals surface area (Å²) in [5, 5.41) is 2.65. The van der Waals surface area contributed by atoms with Gasteiger partial charge in [-0.15, -0.1) is 11.3 Å². The molecule has 0 amide bonds. The number of nitrogens with zero attached hydrogens (tertiary/aromatic N) is 1. The number of furan rings is 1. The van der Waals surface area contributed by atoms with Crippen molar-refractivity contribution >= 4 is 34.1 Å². The first-order valence-electron chi connectivity index (χ1n) is 6.52. The summed E-state index contributed by atoms with van der Waals surface area (Å²) < 4.78 is 10.5. The third kappa shape index (κ3) is 2.27. The van der Waals surface area contributed by atoms with Crippen LogP contribution in [0.25, 0.3) is 21.7 Å². The zero-order valence-electron chi connectivity index (χ0n) is 11.7. The van der Waals surface area contributed by atoms with E-state index in [0.717, 1.165) is 16.1 Å². The van der Waals surface area contributed by atoms with Crippen LogP contribution in [0.1, 0.15) is 23.0 Å². The highest BCUT2D eigenvalue weighted by Gasteiger charge is 2.22. The fraction of sp³-hybridized carbons (Fsp3) is 0.200. The zero-order chi connectivity index (χ0) is 15.0. The highest BCUT2D eigenvalue weighted by Crippen LogP contribution is 2.34. The molecule has 0 aliphatic carbocycles. The van der Waals surface area contributed by atoms with Crippen molar-refractivity contribution in [2.45, 2.75) is 13.8 Å². The average molecular weight is 302 g/mol. The van der Waals surface area contributed by atoms with Crippen molar-refractivity contribution in [3.63, 3.8) is 0 Å². The third-order valence-electron chi connectivity index (χ3n) is 3.13. The smallest absolute Gasteiger partial charge is 0.376 e. The van der Waals surface area contributed by atoms with Crippen molar-refractivity contribution in [3.8, 4) is 10.6 Å². The topological polar surface area (TPSA) is 78.3 Å². The SMILES string of the molecule is CCOC(=O)c1oc2nc(-c3cccs3)cc(C)c2c1N. The normalized spacial score (nSPS) is 11.0. The number of pyridine rings is 1. The Balaban J connectivity index is 2.18. The molecule has 21 heavy (non-hydrogen) atoms. The minimum absolute atomic E-state index is 0.0192. The number of hydrogen-bond donors (Lipinski definition) is 1. The number of aromatic nitrogens is 1. The second-order valence-corrected chi connectivity index (χ2v) is 5.49. The fourth-order valence-electron chi connectivity index (χ4n) is 2.21. The molecule has 0 atom stereocenters. The summed E-state index contributed by atoms with van der Waals surface area (Å²) in [6, 6.07) is 5.88. The van der Waals surface area contributed by atoms with E-state index in [2.05, 4.69) is 4.98 Å². The molecule has 0 saturated heterocycles. The number of aryl methyl sites for hydroxylation is 1. The number of ether oxygens (including phenoxy) is 1. The van der Waals surface area contributed by atoms with Crippen molar-refractivity contribution in [2.24, 2.45) is 0 Å². The Morgan fingerprint density at radius 1 is 1.52 bits per heavy atom. The molecule has 0 fully saturated rings. The largest absolute Gasteiger partial charge is 0.460 e. The molecule has 0 aliphatic rings. The molecule has 0 bridgehead atoms. The van der Waals surface area contributed by atoms with E-state index >= 15 is 0 Å². The van der Waals surface area contributed by atoms with E-state index in [-0.39, 0.29) is 18.1 Å². The van der Waals surface area contributed by atoms with E-state index in [4.69, 9.17) is 14.9 Å². The van der Waals surface area contributed by atoms with Gasteiger partial charge >= 0.3 is 5.97 Å². The van der Waals surface area contributed by atoms with E-state index in [1.165, 1.54) is 0 Å². The number of carbonyl (C=O) groups is 1. The lowest BCUT2D eigenvalue weighted by Gasteiger charge is -2.00. The van der Waals surface area contributed by atoms with E-state index in [0.29, 0.717) is 11.1 Å². The van der Waals surface area contributed by atoms with Crippen LogP contribution in [0.4, 0.5) is 5.69 Å². The Labute approximate surface area is 125 Å². The molecule has 0 spiro atoms. The highest BCUT2D eigenvalue weighted by atomic mass is 32.1. The molecule has 0 aliphatic heterocycles. The lowest BCUT2D eigenvalue weighted by atomic mass is 10.1. The van der Waals surface area contributed by atoms with Crippen molar-refractivity contribution in [1.29, 1.82) is 0 Å². The van der Waals surface area contributed by atoms with Crippen LogP contribution in [-0.2, 0) is 4.74 Å². The second-order valence-electron chi connectivity index (χ2n) is 4.55. The minimum Gasteiger partial charge on any atom is -0.460 e. The number of esters is 1. The first-order valence-corrected chi connectivity index (χ1v) is 7.40. The van der Waals surface area contributed by atoms with Gasteiger partial charge in [-0.3, -0.25) is 0 Å². The molecule has 3 aromatic heterocycles. The van der Waals surface area contributed by atoms with Gasteiger partial charge in [0.25, 0.3) is 0 Å². The fourth-order valence-corrected chi connectivity index (χ4v) is 2.90. The van der Waals surface area contributed by atoms with Crippen LogP contribution in [0.2, 0.25) is 0 Å².